The minimum absolute atomic E-state index is 0.0558. The van der Waals surface area contributed by atoms with Gasteiger partial charge in [0.15, 0.2) is 0 Å². The fourth-order valence-corrected chi connectivity index (χ4v) is 3.85. The third-order valence-electron chi connectivity index (χ3n) is 4.57. The van der Waals surface area contributed by atoms with E-state index < -0.39 is 21.8 Å². The van der Waals surface area contributed by atoms with Gasteiger partial charge in [0.25, 0.3) is 5.91 Å². The molecular weight excluding hydrogens is 376 g/mol. The van der Waals surface area contributed by atoms with Crippen molar-refractivity contribution in [2.75, 3.05) is 18.6 Å². The van der Waals surface area contributed by atoms with Gasteiger partial charge in [0.05, 0.1) is 5.75 Å². The molecule has 2 atom stereocenters. The van der Waals surface area contributed by atoms with Crippen molar-refractivity contribution in [3.05, 3.63) is 34.9 Å². The van der Waals surface area contributed by atoms with E-state index in [1.165, 1.54) is 0 Å². The van der Waals surface area contributed by atoms with E-state index in [1.54, 1.807) is 29.2 Å². The van der Waals surface area contributed by atoms with Crippen LogP contribution < -0.4 is 5.32 Å². The minimum Gasteiger partial charge on any atom is -0.340 e. The molecule has 1 aliphatic heterocycles. The Balaban J connectivity index is 2.15. The second kappa shape index (κ2) is 8.86. The number of halogens is 1. The van der Waals surface area contributed by atoms with Crippen molar-refractivity contribution in [3.8, 4) is 0 Å². The van der Waals surface area contributed by atoms with Crippen LogP contribution in [0.1, 0.15) is 43.0 Å². The molecule has 26 heavy (non-hydrogen) atoms. The van der Waals surface area contributed by atoms with Crippen molar-refractivity contribution in [1.29, 1.82) is 0 Å². The number of carbonyl (C=O) groups excluding carboxylic acids is 2. The van der Waals surface area contributed by atoms with E-state index in [-0.39, 0.29) is 24.1 Å². The van der Waals surface area contributed by atoms with Crippen molar-refractivity contribution in [3.63, 3.8) is 0 Å². The molecular formula is C18H25ClN2O4S. The zero-order valence-electron chi connectivity index (χ0n) is 15.1. The van der Waals surface area contributed by atoms with Crippen LogP contribution in [0, 0.1) is 0 Å². The Hall–Kier alpha value is -1.60. The van der Waals surface area contributed by atoms with Crippen LogP contribution in [0.3, 0.4) is 0 Å². The van der Waals surface area contributed by atoms with Crippen molar-refractivity contribution in [2.24, 2.45) is 0 Å². The third kappa shape index (κ3) is 5.99. The van der Waals surface area contributed by atoms with Gasteiger partial charge in [0.2, 0.25) is 5.91 Å². The van der Waals surface area contributed by atoms with E-state index in [0.717, 1.165) is 25.5 Å². The summed E-state index contributed by atoms with van der Waals surface area (Å²) in [6.45, 7) is 2.61. The van der Waals surface area contributed by atoms with Crippen LogP contribution >= 0.6 is 11.6 Å². The molecule has 0 spiro atoms. The van der Waals surface area contributed by atoms with Crippen LogP contribution in [0.2, 0.25) is 5.02 Å². The topological polar surface area (TPSA) is 83.6 Å². The van der Waals surface area contributed by atoms with Gasteiger partial charge in [-0.1, -0.05) is 11.6 Å². The number of benzene rings is 1. The highest BCUT2D eigenvalue weighted by Gasteiger charge is 2.31. The Morgan fingerprint density at radius 2 is 1.92 bits per heavy atom. The molecule has 8 heteroatoms. The summed E-state index contributed by atoms with van der Waals surface area (Å²) in [6.07, 6.45) is 4.07. The Morgan fingerprint density at radius 1 is 1.27 bits per heavy atom. The fraction of sp³-hybridized carbons (Fsp3) is 0.556. The lowest BCUT2D eigenvalue weighted by Gasteiger charge is -2.36. The maximum absolute atomic E-state index is 12.9. The molecule has 1 aliphatic rings. The number of hydrogen-bond acceptors (Lipinski definition) is 4. The molecule has 0 saturated carbocycles. The standard InChI is InChI=1S/C18H25ClN2O4S/c1-13-5-3-4-11-21(13)18(23)16(10-12-26(2,24)25)20-17(22)14-6-8-15(19)9-7-14/h6-9,13,16H,3-5,10-12H2,1-2H3,(H,20,22). The van der Waals surface area contributed by atoms with Crippen LogP contribution in [0.5, 0.6) is 0 Å². The SMILES string of the molecule is CC1CCCCN1C(=O)C(CCS(C)(=O)=O)NC(=O)c1ccc(Cl)cc1. The Bertz CT molecular complexity index is 749. The summed E-state index contributed by atoms with van der Waals surface area (Å²) in [7, 11) is -3.24. The van der Waals surface area contributed by atoms with E-state index in [9.17, 15) is 18.0 Å². The fourth-order valence-electron chi connectivity index (χ4n) is 3.06. The molecule has 0 radical (unpaired) electrons. The summed E-state index contributed by atoms with van der Waals surface area (Å²) in [5.41, 5.74) is 0.373. The normalized spacial score (nSPS) is 19.0. The molecule has 1 N–H and O–H groups in total. The zero-order valence-corrected chi connectivity index (χ0v) is 16.6. The summed E-state index contributed by atoms with van der Waals surface area (Å²) >= 11 is 5.83. The minimum atomic E-state index is -3.24. The maximum Gasteiger partial charge on any atom is 0.251 e. The van der Waals surface area contributed by atoms with Gasteiger partial charge in [0.1, 0.15) is 15.9 Å². The summed E-state index contributed by atoms with van der Waals surface area (Å²) < 4.78 is 23.1. The number of piperidine rings is 1. The zero-order chi connectivity index (χ0) is 19.3. The summed E-state index contributed by atoms with van der Waals surface area (Å²) in [6, 6.07) is 5.55. The van der Waals surface area contributed by atoms with Gasteiger partial charge in [-0.15, -0.1) is 0 Å². The summed E-state index contributed by atoms with van der Waals surface area (Å²) in [5.74, 6) is -0.798. The number of rotatable bonds is 6. The number of nitrogens with zero attached hydrogens (tertiary/aromatic N) is 1. The largest absolute Gasteiger partial charge is 0.340 e. The molecule has 0 aromatic heterocycles. The van der Waals surface area contributed by atoms with Gasteiger partial charge >= 0.3 is 0 Å². The van der Waals surface area contributed by atoms with E-state index in [0.29, 0.717) is 17.1 Å². The lowest BCUT2D eigenvalue weighted by molar-refractivity contribution is -0.136. The molecule has 6 nitrogen and oxygen atoms in total. The molecule has 1 aromatic rings. The first-order chi connectivity index (χ1) is 12.2. The average molecular weight is 401 g/mol. The first-order valence-electron chi connectivity index (χ1n) is 8.72. The van der Waals surface area contributed by atoms with E-state index in [2.05, 4.69) is 5.32 Å². The number of likely N-dealkylation sites (tertiary alicyclic amines) is 1. The predicted molar refractivity (Wildman–Crippen MR) is 102 cm³/mol. The number of hydrogen-bond donors (Lipinski definition) is 1. The highest BCUT2D eigenvalue weighted by atomic mass is 35.5. The molecule has 1 aromatic carbocycles. The molecule has 2 amide bonds. The Kier molecular flexibility index (Phi) is 7.06. The molecule has 1 fully saturated rings. The Morgan fingerprint density at radius 3 is 2.50 bits per heavy atom. The highest BCUT2D eigenvalue weighted by Crippen LogP contribution is 2.18. The molecule has 2 rings (SSSR count). The average Bonchev–Trinajstić information content (AvgIpc) is 2.58. The summed E-state index contributed by atoms with van der Waals surface area (Å²) in [4.78, 5) is 27.2. The van der Waals surface area contributed by atoms with E-state index in [1.807, 2.05) is 6.92 Å². The van der Waals surface area contributed by atoms with Crippen LogP contribution in [-0.2, 0) is 14.6 Å². The van der Waals surface area contributed by atoms with Crippen molar-refractivity contribution in [2.45, 2.75) is 44.7 Å². The van der Waals surface area contributed by atoms with Gasteiger partial charge in [-0.25, -0.2) is 8.42 Å². The quantitative estimate of drug-likeness (QED) is 0.793. The molecule has 2 unspecified atom stereocenters. The lowest BCUT2D eigenvalue weighted by atomic mass is 10.0. The second-order valence-corrected chi connectivity index (χ2v) is 9.52. The van der Waals surface area contributed by atoms with Crippen LogP contribution in [0.15, 0.2) is 24.3 Å². The van der Waals surface area contributed by atoms with Gasteiger partial charge in [-0.05, 0) is 56.9 Å². The van der Waals surface area contributed by atoms with Crippen LogP contribution in [0.4, 0.5) is 0 Å². The first kappa shape index (κ1) is 20.7. The monoisotopic (exact) mass is 400 g/mol. The predicted octanol–water partition coefficient (Wildman–Crippen LogP) is 2.27. The van der Waals surface area contributed by atoms with Crippen molar-refractivity contribution >= 4 is 33.3 Å². The second-order valence-electron chi connectivity index (χ2n) is 6.83. The summed E-state index contributed by atoms with van der Waals surface area (Å²) in [5, 5.41) is 3.21. The number of nitrogens with one attached hydrogen (secondary N) is 1. The maximum atomic E-state index is 12.9. The molecule has 144 valence electrons. The molecule has 0 bridgehead atoms. The van der Waals surface area contributed by atoms with Crippen LogP contribution in [-0.4, -0.2) is 55.8 Å². The van der Waals surface area contributed by atoms with Crippen molar-refractivity contribution < 1.29 is 18.0 Å². The van der Waals surface area contributed by atoms with Gasteiger partial charge in [-0.2, -0.15) is 0 Å². The molecule has 1 heterocycles. The first-order valence-corrected chi connectivity index (χ1v) is 11.2. The van der Waals surface area contributed by atoms with Gasteiger partial charge in [0, 0.05) is 29.4 Å². The molecule has 0 aliphatic carbocycles. The number of sulfone groups is 1. The highest BCUT2D eigenvalue weighted by molar-refractivity contribution is 7.90. The lowest BCUT2D eigenvalue weighted by Crippen LogP contribution is -2.53. The van der Waals surface area contributed by atoms with Crippen LogP contribution in [0.25, 0.3) is 0 Å². The number of amides is 2. The molecule has 1 saturated heterocycles. The Labute approximate surface area is 159 Å². The third-order valence-corrected chi connectivity index (χ3v) is 5.80. The van der Waals surface area contributed by atoms with Crippen molar-refractivity contribution in [1.82, 2.24) is 10.2 Å². The van der Waals surface area contributed by atoms with Gasteiger partial charge < -0.3 is 10.2 Å². The van der Waals surface area contributed by atoms with E-state index >= 15 is 0 Å². The smallest absolute Gasteiger partial charge is 0.251 e. The van der Waals surface area contributed by atoms with Gasteiger partial charge in [-0.3, -0.25) is 9.59 Å². The van der Waals surface area contributed by atoms with E-state index in [4.69, 9.17) is 11.6 Å². The number of carbonyl (C=O) groups is 2.